The van der Waals surface area contributed by atoms with Gasteiger partial charge in [0.25, 0.3) is 0 Å². The zero-order valence-electron chi connectivity index (χ0n) is 7.06. The van der Waals surface area contributed by atoms with Crippen LogP contribution in [-0.4, -0.2) is 11.1 Å². The molecule has 1 rings (SSSR count). The fourth-order valence-electron chi connectivity index (χ4n) is 1.00. The van der Waals surface area contributed by atoms with Gasteiger partial charge in [-0.15, -0.1) is 0 Å². The summed E-state index contributed by atoms with van der Waals surface area (Å²) >= 11 is 8.67. The van der Waals surface area contributed by atoms with E-state index < -0.39 is 11.8 Å². The maximum absolute atomic E-state index is 13.1. The van der Waals surface area contributed by atoms with Crippen LogP contribution in [-0.2, 0) is 11.2 Å². The first-order valence-corrected chi connectivity index (χ1v) is 5.03. The Morgan fingerprint density at radius 1 is 1.57 bits per heavy atom. The molecule has 0 aliphatic heterocycles. The summed E-state index contributed by atoms with van der Waals surface area (Å²) in [4.78, 5) is 10.3. The lowest BCUT2D eigenvalue weighted by Gasteiger charge is -2.02. The van der Waals surface area contributed by atoms with Gasteiger partial charge >= 0.3 is 5.97 Å². The summed E-state index contributed by atoms with van der Waals surface area (Å²) in [5, 5.41) is 8.69. The van der Waals surface area contributed by atoms with Gasteiger partial charge in [-0.25, -0.2) is 4.39 Å². The molecule has 0 aliphatic rings. The molecule has 1 aromatic carbocycles. The molecular formula is C9H7BrClFO2. The average molecular weight is 282 g/mol. The number of rotatable bonds is 3. The topological polar surface area (TPSA) is 37.3 Å². The first kappa shape index (κ1) is 11.5. The second kappa shape index (κ2) is 4.75. The number of carboxylic acids is 1. The van der Waals surface area contributed by atoms with Crippen molar-refractivity contribution in [2.24, 2.45) is 0 Å². The van der Waals surface area contributed by atoms with E-state index in [2.05, 4.69) is 15.9 Å². The summed E-state index contributed by atoms with van der Waals surface area (Å²) < 4.78 is 13.3. The second-order valence-corrected chi connectivity index (χ2v) is 3.97. The number of carboxylic acid groups (broad SMARTS) is 1. The van der Waals surface area contributed by atoms with Crippen molar-refractivity contribution in [3.63, 3.8) is 0 Å². The van der Waals surface area contributed by atoms with Crippen LogP contribution in [0.4, 0.5) is 4.39 Å². The molecule has 0 bridgehead atoms. The Kier molecular flexibility index (Phi) is 3.89. The van der Waals surface area contributed by atoms with Crippen LogP contribution in [0.1, 0.15) is 12.0 Å². The summed E-state index contributed by atoms with van der Waals surface area (Å²) in [5.74, 6) is -1.39. The molecule has 1 aromatic rings. The highest BCUT2D eigenvalue weighted by molar-refractivity contribution is 9.10. The van der Waals surface area contributed by atoms with Gasteiger partial charge in [-0.3, -0.25) is 4.79 Å². The van der Waals surface area contributed by atoms with Gasteiger partial charge in [0.15, 0.2) is 0 Å². The lowest BCUT2D eigenvalue weighted by Crippen LogP contribution is -1.98. The molecule has 0 fully saturated rings. The fraction of sp³-hybridized carbons (Fsp3) is 0.222. The normalized spacial score (nSPS) is 10.2. The number of aryl methyl sites for hydroxylation is 1. The number of carbonyl (C=O) groups is 1. The van der Waals surface area contributed by atoms with Gasteiger partial charge in [-0.2, -0.15) is 0 Å². The minimum absolute atomic E-state index is 0.0304. The SMILES string of the molecule is O=C(O)CCc1cc(F)c(Br)c(Cl)c1. The van der Waals surface area contributed by atoms with Crippen molar-refractivity contribution in [3.05, 3.63) is 33.0 Å². The monoisotopic (exact) mass is 280 g/mol. The molecule has 0 atom stereocenters. The van der Waals surface area contributed by atoms with E-state index >= 15 is 0 Å². The molecule has 0 saturated heterocycles. The maximum Gasteiger partial charge on any atom is 0.303 e. The van der Waals surface area contributed by atoms with Crippen molar-refractivity contribution in [3.8, 4) is 0 Å². The number of halogens is 3. The van der Waals surface area contributed by atoms with Gasteiger partial charge in [0.2, 0.25) is 0 Å². The molecule has 0 aromatic heterocycles. The Bertz CT molecular complexity index is 345. The molecule has 1 N–H and O–H groups in total. The molecule has 0 amide bonds. The van der Waals surface area contributed by atoms with Crippen molar-refractivity contribution >= 4 is 33.5 Å². The zero-order chi connectivity index (χ0) is 10.7. The number of hydrogen-bond donors (Lipinski definition) is 1. The van der Waals surface area contributed by atoms with E-state index in [9.17, 15) is 9.18 Å². The lowest BCUT2D eigenvalue weighted by atomic mass is 10.1. The van der Waals surface area contributed by atoms with Crippen LogP contribution in [0.15, 0.2) is 16.6 Å². The fourth-order valence-corrected chi connectivity index (χ4v) is 1.46. The summed E-state index contributed by atoms with van der Waals surface area (Å²) in [6, 6.07) is 2.83. The van der Waals surface area contributed by atoms with Crippen molar-refractivity contribution in [1.29, 1.82) is 0 Å². The lowest BCUT2D eigenvalue weighted by molar-refractivity contribution is -0.136. The van der Waals surface area contributed by atoms with E-state index in [1.165, 1.54) is 6.07 Å². The van der Waals surface area contributed by atoms with Crippen LogP contribution in [0.2, 0.25) is 5.02 Å². The highest BCUT2D eigenvalue weighted by Gasteiger charge is 2.07. The molecular weight excluding hydrogens is 274 g/mol. The summed E-state index contributed by atoms with van der Waals surface area (Å²) in [6.07, 6.45) is 0.247. The van der Waals surface area contributed by atoms with Crippen molar-refractivity contribution in [2.75, 3.05) is 0 Å². The predicted octanol–water partition coefficient (Wildman–Crippen LogP) is 3.26. The van der Waals surface area contributed by atoms with Crippen LogP contribution in [0.25, 0.3) is 0 Å². The van der Waals surface area contributed by atoms with E-state index in [-0.39, 0.29) is 22.3 Å². The third kappa shape index (κ3) is 2.96. The highest BCUT2D eigenvalue weighted by atomic mass is 79.9. The Hall–Kier alpha value is -0.610. The van der Waals surface area contributed by atoms with Crippen LogP contribution in [0.5, 0.6) is 0 Å². The Balaban J connectivity index is 2.84. The second-order valence-electron chi connectivity index (χ2n) is 2.77. The Morgan fingerprint density at radius 3 is 2.71 bits per heavy atom. The first-order chi connectivity index (χ1) is 6.50. The van der Waals surface area contributed by atoms with Crippen molar-refractivity contribution in [1.82, 2.24) is 0 Å². The molecule has 0 heterocycles. The quantitative estimate of drug-likeness (QED) is 0.864. The summed E-state index contributed by atoms with van der Waals surface area (Å²) in [6.45, 7) is 0. The molecule has 0 saturated carbocycles. The van der Waals surface area contributed by atoms with Gasteiger partial charge in [-0.1, -0.05) is 11.6 Å². The van der Waals surface area contributed by atoms with Crippen LogP contribution in [0, 0.1) is 5.82 Å². The predicted molar refractivity (Wildman–Crippen MR) is 55.1 cm³/mol. The minimum atomic E-state index is -0.913. The van der Waals surface area contributed by atoms with E-state index in [0.717, 1.165) is 0 Å². The molecule has 5 heteroatoms. The zero-order valence-corrected chi connectivity index (χ0v) is 9.40. The summed E-state index contributed by atoms with van der Waals surface area (Å²) in [5.41, 5.74) is 0.582. The molecule has 0 spiro atoms. The van der Waals surface area contributed by atoms with Crippen LogP contribution < -0.4 is 0 Å². The smallest absolute Gasteiger partial charge is 0.303 e. The average Bonchev–Trinajstić information content (AvgIpc) is 2.10. The van der Waals surface area contributed by atoms with Gasteiger partial charge < -0.3 is 5.11 Å². The van der Waals surface area contributed by atoms with Gasteiger partial charge in [0, 0.05) is 6.42 Å². The van der Waals surface area contributed by atoms with E-state index in [4.69, 9.17) is 16.7 Å². The number of aliphatic carboxylic acids is 1. The standard InChI is InChI=1S/C9H7BrClFO2/c10-9-6(11)3-5(4-7(9)12)1-2-8(13)14/h3-4H,1-2H2,(H,13,14). The van der Waals surface area contributed by atoms with E-state index in [0.29, 0.717) is 5.56 Å². The Morgan fingerprint density at radius 2 is 2.21 bits per heavy atom. The molecule has 14 heavy (non-hydrogen) atoms. The van der Waals surface area contributed by atoms with E-state index in [1.807, 2.05) is 0 Å². The van der Waals surface area contributed by atoms with Crippen LogP contribution in [0.3, 0.4) is 0 Å². The molecule has 0 aliphatic carbocycles. The molecule has 76 valence electrons. The Labute approximate surface area is 93.8 Å². The highest BCUT2D eigenvalue weighted by Crippen LogP contribution is 2.27. The van der Waals surface area contributed by atoms with Crippen molar-refractivity contribution < 1.29 is 14.3 Å². The van der Waals surface area contributed by atoms with Gasteiger partial charge in [0.05, 0.1) is 9.50 Å². The van der Waals surface area contributed by atoms with Gasteiger partial charge in [-0.05, 0) is 40.0 Å². The molecule has 0 unspecified atom stereocenters. The largest absolute Gasteiger partial charge is 0.481 e. The van der Waals surface area contributed by atoms with Crippen molar-refractivity contribution in [2.45, 2.75) is 12.8 Å². The minimum Gasteiger partial charge on any atom is -0.481 e. The first-order valence-electron chi connectivity index (χ1n) is 3.86. The van der Waals surface area contributed by atoms with Gasteiger partial charge in [0.1, 0.15) is 5.82 Å². The number of hydrogen-bond acceptors (Lipinski definition) is 1. The molecule has 0 radical (unpaired) electrons. The third-order valence-corrected chi connectivity index (χ3v) is 3.00. The summed E-state index contributed by atoms with van der Waals surface area (Å²) in [7, 11) is 0. The molecule has 2 nitrogen and oxygen atoms in total. The third-order valence-electron chi connectivity index (χ3n) is 1.67. The number of benzene rings is 1. The maximum atomic E-state index is 13.1. The van der Waals surface area contributed by atoms with Crippen LogP contribution >= 0.6 is 27.5 Å². The van der Waals surface area contributed by atoms with E-state index in [1.54, 1.807) is 6.07 Å².